The smallest absolute Gasteiger partial charge is 0.412 e. The fourth-order valence-electron chi connectivity index (χ4n) is 9.72. The number of likely N-dealkylation sites (N-methyl/N-ethyl adjacent to an activating group) is 1. The Morgan fingerprint density at radius 2 is 1.50 bits per heavy atom. The summed E-state index contributed by atoms with van der Waals surface area (Å²) in [6.07, 6.45) is -1.43. The van der Waals surface area contributed by atoms with E-state index in [1.165, 1.54) is 75.1 Å². The first kappa shape index (κ1) is 63.4. The van der Waals surface area contributed by atoms with E-state index >= 15 is 0 Å². The fraction of sp³-hybridized carbons (Fsp3) is 0.373. The number of nitrogens with zero attached hydrogens (tertiary/aromatic N) is 9. The lowest BCUT2D eigenvalue weighted by molar-refractivity contribution is -0.133. The van der Waals surface area contributed by atoms with Crippen LogP contribution in [0.15, 0.2) is 70.6 Å². The first-order valence-electron chi connectivity index (χ1n) is 28.1. The largest absolute Gasteiger partial charge is 0.449 e. The number of ketones is 1. The number of hydrogen-bond acceptors (Lipinski definition) is 24. The van der Waals surface area contributed by atoms with E-state index in [1.807, 2.05) is 37.2 Å². The predicted octanol–water partition coefficient (Wildman–Crippen LogP) is 9.13. The number of rotatable bonds is 13. The number of thiazole rings is 6. The number of methoxy groups -OCH3 is 1. The summed E-state index contributed by atoms with van der Waals surface area (Å²) in [7, 11) is 5.09. The molecule has 8 aromatic rings. The van der Waals surface area contributed by atoms with Gasteiger partial charge in [-0.25, -0.2) is 39.7 Å². The molecule has 10 bridgehead atoms. The van der Waals surface area contributed by atoms with Crippen LogP contribution in [-0.2, 0) is 30.5 Å². The van der Waals surface area contributed by atoms with Gasteiger partial charge in [0.25, 0.3) is 5.91 Å². The van der Waals surface area contributed by atoms with Gasteiger partial charge >= 0.3 is 6.09 Å². The molecule has 29 heteroatoms. The lowest BCUT2D eigenvalue weighted by Crippen LogP contribution is -2.47. The van der Waals surface area contributed by atoms with E-state index in [2.05, 4.69) is 43.0 Å². The quantitative estimate of drug-likeness (QED) is 0.0586. The number of aliphatic hydroxyl groups is 1. The highest BCUT2D eigenvalue weighted by atomic mass is 32.1. The average molecular weight is 1310 g/mol. The van der Waals surface area contributed by atoms with Crippen LogP contribution < -0.4 is 26.6 Å². The lowest BCUT2D eigenvalue weighted by atomic mass is 9.90. The van der Waals surface area contributed by atoms with Crippen molar-refractivity contribution in [3.8, 4) is 43.4 Å². The van der Waals surface area contributed by atoms with Crippen LogP contribution in [-0.4, -0.2) is 146 Å². The summed E-state index contributed by atoms with van der Waals surface area (Å²) >= 11 is 7.57. The zero-order chi connectivity index (χ0) is 62.2. The molecular formula is C59H64N14O9S6. The van der Waals surface area contributed by atoms with Crippen LogP contribution in [0.1, 0.15) is 121 Å². The minimum absolute atomic E-state index is 0.0305. The summed E-state index contributed by atoms with van der Waals surface area (Å²) in [5, 5.41) is 36.1. The van der Waals surface area contributed by atoms with Gasteiger partial charge in [-0.05, 0) is 44.0 Å². The Morgan fingerprint density at radius 1 is 0.784 bits per heavy atom. The molecule has 7 aromatic heterocycles. The minimum Gasteiger partial charge on any atom is -0.449 e. The van der Waals surface area contributed by atoms with Gasteiger partial charge < -0.3 is 45.6 Å². The molecule has 460 valence electrons. The molecule has 1 aromatic carbocycles. The number of piperazine rings is 1. The molecule has 0 radical (unpaired) electrons. The summed E-state index contributed by atoms with van der Waals surface area (Å²) in [6.45, 7) is 13.0. The van der Waals surface area contributed by atoms with Gasteiger partial charge in [-0.3, -0.25) is 29.3 Å². The Labute approximate surface area is 531 Å². The number of fused-ring (bicyclic) bond motifs is 14. The number of benzene rings is 1. The van der Waals surface area contributed by atoms with Crippen LogP contribution in [0.4, 0.5) is 10.6 Å². The molecule has 1 fully saturated rings. The molecule has 2 aliphatic rings. The maximum Gasteiger partial charge on any atom is 0.412 e. The number of Topliss-reactive ketones (excluding diaryl/α,β-unsaturated/α-hetero) is 1. The third-order valence-electron chi connectivity index (χ3n) is 14.6. The van der Waals surface area contributed by atoms with Crippen LogP contribution in [0, 0.1) is 12.8 Å². The number of aliphatic hydroxyl groups excluding tert-OH is 1. The predicted molar refractivity (Wildman–Crippen MR) is 341 cm³/mol. The molecule has 6 N–H and O–H groups in total. The number of aryl methyl sites for hydroxylation is 1. The van der Waals surface area contributed by atoms with E-state index in [1.54, 1.807) is 66.6 Å². The fourth-order valence-corrected chi connectivity index (χ4v) is 15.3. The zero-order valence-electron chi connectivity index (χ0n) is 48.9. The van der Waals surface area contributed by atoms with Gasteiger partial charge in [-0.1, -0.05) is 50.8 Å². The van der Waals surface area contributed by atoms with Crippen molar-refractivity contribution in [1.29, 1.82) is 0 Å². The van der Waals surface area contributed by atoms with Crippen molar-refractivity contribution < 1.29 is 43.3 Å². The number of carbonyl (C=O) groups is 6. The summed E-state index contributed by atoms with van der Waals surface area (Å²) in [5.41, 5.74) is 3.89. The van der Waals surface area contributed by atoms with Gasteiger partial charge in [0.15, 0.2) is 5.78 Å². The molecule has 0 spiro atoms. The molecule has 2 aliphatic heterocycles. The minimum atomic E-state index is -1.21. The van der Waals surface area contributed by atoms with E-state index in [0.29, 0.717) is 99.7 Å². The van der Waals surface area contributed by atoms with Crippen molar-refractivity contribution in [2.24, 2.45) is 5.92 Å². The van der Waals surface area contributed by atoms with Gasteiger partial charge in [0, 0.05) is 91.1 Å². The van der Waals surface area contributed by atoms with E-state index in [9.17, 15) is 33.9 Å². The molecule has 0 unspecified atom stereocenters. The molecule has 1 saturated heterocycles. The highest BCUT2D eigenvalue weighted by Gasteiger charge is 2.33. The SMILES string of the molecule is C=C1NCC(=O)N[C@@H]([C@@H](O)c2ccccc2)c2nc(cs2)-c2nc(cs2)-c2nc(-c3nc(NC(=O)OCCCC(=O)N4CCN(C)CC4)cs3)ccc2-c2nc(cs2)C(=O)N[C@@H](CC(=O)NC)c2nc(c(C)s2)C(=O)C[C@H](C(C)C)c2nc1c(COC)s2. The maximum atomic E-state index is 14.4. The first-order chi connectivity index (χ1) is 42.4. The van der Waals surface area contributed by atoms with E-state index < -0.39 is 36.1 Å². The molecular weight excluding hydrogens is 1240 g/mol. The summed E-state index contributed by atoms with van der Waals surface area (Å²) in [5.74, 6) is -1.82. The van der Waals surface area contributed by atoms with Crippen molar-refractivity contribution >= 4 is 115 Å². The monoisotopic (exact) mass is 1300 g/mol. The van der Waals surface area contributed by atoms with Crippen LogP contribution in [0.2, 0.25) is 0 Å². The number of aromatic nitrogens is 7. The zero-order valence-corrected chi connectivity index (χ0v) is 53.8. The first-order valence-corrected chi connectivity index (χ1v) is 33.3. The molecule has 0 saturated carbocycles. The Morgan fingerprint density at radius 3 is 2.26 bits per heavy atom. The number of pyridine rings is 1. The van der Waals surface area contributed by atoms with Crippen molar-refractivity contribution in [3.63, 3.8) is 0 Å². The Bertz CT molecular complexity index is 3850. The maximum absolute atomic E-state index is 14.4. The molecule has 88 heavy (non-hydrogen) atoms. The van der Waals surface area contributed by atoms with Gasteiger partial charge in [0.2, 0.25) is 17.7 Å². The average Bonchev–Trinajstić information content (AvgIpc) is 2.95. The molecule has 5 amide bonds. The summed E-state index contributed by atoms with van der Waals surface area (Å²) in [6, 6.07) is 10.6. The highest BCUT2D eigenvalue weighted by Crippen LogP contribution is 2.41. The molecule has 23 nitrogen and oxygen atoms in total. The van der Waals surface area contributed by atoms with Crippen molar-refractivity contribution in [3.05, 3.63) is 118 Å². The molecule has 10 rings (SSSR count). The number of anilines is 1. The van der Waals surface area contributed by atoms with Crippen molar-refractivity contribution in [2.45, 2.75) is 77.2 Å². The lowest BCUT2D eigenvalue weighted by Gasteiger charge is -2.32. The number of amides is 5. The molecule has 9 heterocycles. The van der Waals surface area contributed by atoms with E-state index in [0.717, 1.165) is 18.0 Å². The highest BCUT2D eigenvalue weighted by molar-refractivity contribution is 7.15. The van der Waals surface area contributed by atoms with Crippen molar-refractivity contribution in [1.82, 2.24) is 66.0 Å². The van der Waals surface area contributed by atoms with Crippen LogP contribution in [0.25, 0.3) is 49.1 Å². The Kier molecular flexibility index (Phi) is 20.7. The third-order valence-corrected chi connectivity index (χ3v) is 20.4. The van der Waals surface area contributed by atoms with E-state index in [4.69, 9.17) is 39.4 Å². The topological polar surface area (TPSA) is 298 Å². The second-order valence-electron chi connectivity index (χ2n) is 21.2. The van der Waals surface area contributed by atoms with Crippen molar-refractivity contribution in [2.75, 3.05) is 65.9 Å². The number of nitrogens with one attached hydrogen (secondary N) is 5. The van der Waals surface area contributed by atoms with E-state index in [-0.39, 0.29) is 85.7 Å². The molecule has 0 aliphatic carbocycles. The normalized spacial score (nSPS) is 17.4. The van der Waals surface area contributed by atoms with Gasteiger partial charge in [0.1, 0.15) is 77.2 Å². The standard InChI is InChI=1S/C59H64N14O9S6/c1-30(2)35-22-41(74)48-32(4)87-57(71-48)37(23-44(75)60-5)63-52(79)39-27-83-53(65-39)34-15-16-36(55-67-43(29-86-55)68-59(80)82-21-11-14-46(77)73-19-17-72(6)18-20-73)62-49(34)38-26-84-56(64-38)40-28-85-58(66-40)50(51(78)33-12-9-8-10-13-33)69-45(76)24-61-31(3)47-42(25-81-7)88-54(35)70-47/h8-10,12-13,15-16,26-30,35,37,50-51,61,78H,3,11,14,17-25H2,1-2,4-7H3,(H,60,75)(H,63,79)(H,68,80)(H,69,76)/t35-,37+,50+,51+/m1/s1. The van der Waals surface area contributed by atoms with Crippen LogP contribution in [0.5, 0.6) is 0 Å². The Hall–Kier alpha value is -7.61. The Balaban J connectivity index is 0.983. The van der Waals surface area contributed by atoms with Gasteiger partial charge in [0.05, 0.1) is 53.5 Å². The van der Waals surface area contributed by atoms with Crippen LogP contribution >= 0.6 is 68.0 Å². The molecule has 4 atom stereocenters. The third kappa shape index (κ3) is 15.1. The second kappa shape index (κ2) is 28.7. The van der Waals surface area contributed by atoms with Gasteiger partial charge in [-0.15, -0.1) is 68.0 Å². The second-order valence-corrected chi connectivity index (χ2v) is 27.0. The van der Waals surface area contributed by atoms with Gasteiger partial charge in [-0.2, -0.15) is 0 Å². The summed E-state index contributed by atoms with van der Waals surface area (Å²) in [4.78, 5) is 121. The number of carbonyl (C=O) groups excluding carboxylic acids is 6. The summed E-state index contributed by atoms with van der Waals surface area (Å²) < 4.78 is 11.0. The number of hydrogen-bond donors (Lipinski definition) is 6. The van der Waals surface area contributed by atoms with Crippen LogP contribution in [0.3, 0.4) is 0 Å². The number of ether oxygens (including phenoxy) is 2.